The van der Waals surface area contributed by atoms with Crippen LogP contribution >= 0.6 is 0 Å². The van der Waals surface area contributed by atoms with Crippen molar-refractivity contribution in [3.05, 3.63) is 83.9 Å². The lowest BCUT2D eigenvalue weighted by molar-refractivity contribution is -0.120. The first kappa shape index (κ1) is 25.1. The van der Waals surface area contributed by atoms with Crippen LogP contribution in [0.1, 0.15) is 18.1 Å². The Kier molecular flexibility index (Phi) is 8.17. The number of benzene rings is 3. The van der Waals surface area contributed by atoms with Gasteiger partial charge in [-0.2, -0.15) is 0 Å². The molecule has 3 aromatic carbocycles. The van der Waals surface area contributed by atoms with Gasteiger partial charge in [0.05, 0.1) is 23.7 Å². The summed E-state index contributed by atoms with van der Waals surface area (Å²) in [5.41, 5.74) is 2.08. The number of carbonyl (C=O) groups excluding carboxylic acids is 1. The monoisotopic (exact) mass is 482 g/mol. The first-order chi connectivity index (χ1) is 16.2. The molecule has 1 atom stereocenters. The average molecular weight is 483 g/mol. The molecule has 1 N–H and O–H groups in total. The number of anilines is 1. The van der Waals surface area contributed by atoms with Crippen LogP contribution in [-0.4, -0.2) is 40.6 Å². The number of nitrogens with one attached hydrogen (secondary N) is 1. The molecule has 7 nitrogen and oxygen atoms in total. The van der Waals surface area contributed by atoms with Crippen molar-refractivity contribution in [3.63, 3.8) is 0 Å². The molecule has 0 fully saturated rings. The maximum atomic E-state index is 13.5. The molecule has 0 spiro atoms. The number of carbonyl (C=O) groups is 1. The van der Waals surface area contributed by atoms with Crippen molar-refractivity contribution in [2.75, 3.05) is 24.6 Å². The Bertz CT molecular complexity index is 1230. The normalized spacial score (nSPS) is 12.0. The smallest absolute Gasteiger partial charge is 0.264 e. The van der Waals surface area contributed by atoms with Crippen molar-refractivity contribution in [3.8, 4) is 11.5 Å². The fraction of sp³-hybridized carbons (Fsp3) is 0.269. The van der Waals surface area contributed by atoms with Crippen molar-refractivity contribution in [2.45, 2.75) is 31.7 Å². The predicted octanol–water partition coefficient (Wildman–Crippen LogP) is 4.09. The SMILES string of the molecule is COc1ccc(S(=O)(=O)N(CC(=O)NC(C)COc2ccccc2C)c2ccccc2)cc1C. The molecule has 0 saturated heterocycles. The van der Waals surface area contributed by atoms with E-state index in [2.05, 4.69) is 5.32 Å². The molecule has 0 aliphatic rings. The topological polar surface area (TPSA) is 84.9 Å². The summed E-state index contributed by atoms with van der Waals surface area (Å²) in [7, 11) is -2.48. The van der Waals surface area contributed by atoms with Crippen LogP contribution < -0.4 is 19.1 Å². The summed E-state index contributed by atoms with van der Waals surface area (Å²) in [5, 5.41) is 2.83. The highest BCUT2D eigenvalue weighted by molar-refractivity contribution is 7.92. The molecule has 1 unspecified atom stereocenters. The Morgan fingerprint density at radius 1 is 0.941 bits per heavy atom. The third kappa shape index (κ3) is 6.08. The van der Waals surface area contributed by atoms with E-state index in [1.807, 2.05) is 38.1 Å². The predicted molar refractivity (Wildman–Crippen MR) is 133 cm³/mol. The fourth-order valence-corrected chi connectivity index (χ4v) is 4.98. The molecule has 34 heavy (non-hydrogen) atoms. The number of methoxy groups -OCH3 is 1. The van der Waals surface area contributed by atoms with Crippen LogP contribution in [0.3, 0.4) is 0 Å². The number of sulfonamides is 1. The Morgan fingerprint density at radius 3 is 2.26 bits per heavy atom. The number of hydrogen-bond acceptors (Lipinski definition) is 5. The van der Waals surface area contributed by atoms with Gasteiger partial charge in [-0.15, -0.1) is 0 Å². The van der Waals surface area contributed by atoms with Crippen LogP contribution in [-0.2, 0) is 14.8 Å². The number of amides is 1. The molecule has 3 rings (SSSR count). The van der Waals surface area contributed by atoms with E-state index in [0.717, 1.165) is 15.6 Å². The summed E-state index contributed by atoms with van der Waals surface area (Å²) in [6.07, 6.45) is 0. The second-order valence-electron chi connectivity index (χ2n) is 8.02. The number of ether oxygens (including phenoxy) is 2. The quantitative estimate of drug-likeness (QED) is 0.471. The van der Waals surface area contributed by atoms with Gasteiger partial charge in [0.1, 0.15) is 24.7 Å². The minimum absolute atomic E-state index is 0.0818. The highest BCUT2D eigenvalue weighted by Crippen LogP contribution is 2.27. The van der Waals surface area contributed by atoms with Crippen molar-refractivity contribution >= 4 is 21.6 Å². The van der Waals surface area contributed by atoms with Gasteiger partial charge >= 0.3 is 0 Å². The summed E-state index contributed by atoms with van der Waals surface area (Å²) >= 11 is 0. The zero-order chi connectivity index (χ0) is 24.7. The highest BCUT2D eigenvalue weighted by Gasteiger charge is 2.28. The van der Waals surface area contributed by atoms with Crippen LogP contribution in [0.15, 0.2) is 77.7 Å². The van der Waals surface area contributed by atoms with Gasteiger partial charge in [0.15, 0.2) is 0 Å². The molecule has 0 aliphatic heterocycles. The van der Waals surface area contributed by atoms with Gasteiger partial charge in [-0.1, -0.05) is 36.4 Å². The largest absolute Gasteiger partial charge is 0.496 e. The lowest BCUT2D eigenvalue weighted by Gasteiger charge is -2.25. The molecule has 0 aliphatic carbocycles. The molecule has 3 aromatic rings. The Hall–Kier alpha value is -3.52. The lowest BCUT2D eigenvalue weighted by atomic mass is 10.2. The van der Waals surface area contributed by atoms with Crippen LogP contribution in [0.5, 0.6) is 11.5 Å². The van der Waals surface area contributed by atoms with Crippen LogP contribution in [0, 0.1) is 13.8 Å². The van der Waals surface area contributed by atoms with E-state index >= 15 is 0 Å². The van der Waals surface area contributed by atoms with E-state index in [1.165, 1.54) is 13.2 Å². The minimum atomic E-state index is -4.01. The highest BCUT2D eigenvalue weighted by atomic mass is 32.2. The average Bonchev–Trinajstić information content (AvgIpc) is 2.82. The molecule has 0 heterocycles. The summed E-state index contributed by atoms with van der Waals surface area (Å²) in [6, 6.07) is 20.5. The van der Waals surface area contributed by atoms with Crippen LogP contribution in [0.25, 0.3) is 0 Å². The van der Waals surface area contributed by atoms with Crippen molar-refractivity contribution in [1.29, 1.82) is 0 Å². The van der Waals surface area contributed by atoms with Crippen LogP contribution in [0.2, 0.25) is 0 Å². The van der Waals surface area contributed by atoms with Gasteiger partial charge in [0.25, 0.3) is 10.0 Å². The van der Waals surface area contributed by atoms with Crippen molar-refractivity contribution in [2.24, 2.45) is 0 Å². The number of rotatable bonds is 10. The zero-order valence-corrected chi connectivity index (χ0v) is 20.6. The molecule has 0 radical (unpaired) electrons. The third-order valence-corrected chi connectivity index (χ3v) is 7.05. The number of aryl methyl sites for hydroxylation is 2. The number of nitrogens with zero attached hydrogens (tertiary/aromatic N) is 1. The van der Waals surface area contributed by atoms with E-state index in [1.54, 1.807) is 49.4 Å². The van der Waals surface area contributed by atoms with Gasteiger partial charge in [-0.3, -0.25) is 9.10 Å². The van der Waals surface area contributed by atoms with Gasteiger partial charge in [0, 0.05) is 0 Å². The molecule has 0 bridgehead atoms. The van der Waals surface area contributed by atoms with Gasteiger partial charge in [-0.25, -0.2) is 8.42 Å². The third-order valence-electron chi connectivity index (χ3n) is 5.28. The zero-order valence-electron chi connectivity index (χ0n) is 19.8. The Morgan fingerprint density at radius 2 is 1.62 bits per heavy atom. The first-order valence-corrected chi connectivity index (χ1v) is 12.4. The fourth-order valence-electron chi connectivity index (χ4n) is 3.47. The maximum absolute atomic E-state index is 13.5. The summed E-state index contributed by atoms with van der Waals surface area (Å²) < 4.78 is 39.2. The summed E-state index contributed by atoms with van der Waals surface area (Å²) in [6.45, 7) is 5.42. The van der Waals surface area contributed by atoms with Gasteiger partial charge in [0.2, 0.25) is 5.91 Å². The molecule has 0 aromatic heterocycles. The van der Waals surface area contributed by atoms with E-state index in [-0.39, 0.29) is 24.1 Å². The van der Waals surface area contributed by atoms with Gasteiger partial charge < -0.3 is 14.8 Å². The summed E-state index contributed by atoms with van der Waals surface area (Å²) in [5.74, 6) is 0.899. The molecule has 1 amide bonds. The van der Waals surface area contributed by atoms with Crippen molar-refractivity contribution < 1.29 is 22.7 Å². The lowest BCUT2D eigenvalue weighted by Crippen LogP contribution is -2.45. The minimum Gasteiger partial charge on any atom is -0.496 e. The standard InChI is InChI=1S/C26H30N2O5S/c1-19-10-8-9-13-25(19)33-18-21(3)27-26(29)17-28(22-11-6-5-7-12-22)34(30,31)23-14-15-24(32-4)20(2)16-23/h5-16,21H,17-18H2,1-4H3,(H,27,29). The van der Waals surface area contributed by atoms with E-state index in [4.69, 9.17) is 9.47 Å². The molecular formula is C26H30N2O5S. The molecular weight excluding hydrogens is 452 g/mol. The van der Waals surface area contributed by atoms with Crippen LogP contribution in [0.4, 0.5) is 5.69 Å². The second kappa shape index (κ2) is 11.1. The summed E-state index contributed by atoms with van der Waals surface area (Å²) in [4.78, 5) is 12.9. The number of para-hydroxylation sites is 2. The van der Waals surface area contributed by atoms with Gasteiger partial charge in [-0.05, 0) is 68.3 Å². The number of hydrogen-bond donors (Lipinski definition) is 1. The van der Waals surface area contributed by atoms with E-state index in [0.29, 0.717) is 17.0 Å². The maximum Gasteiger partial charge on any atom is 0.264 e. The molecule has 180 valence electrons. The van der Waals surface area contributed by atoms with E-state index < -0.39 is 15.9 Å². The van der Waals surface area contributed by atoms with E-state index in [9.17, 15) is 13.2 Å². The van der Waals surface area contributed by atoms with Crippen molar-refractivity contribution in [1.82, 2.24) is 5.32 Å². The Labute approximate surface area is 201 Å². The molecule has 8 heteroatoms. The Balaban J connectivity index is 1.77. The first-order valence-electron chi connectivity index (χ1n) is 10.9. The molecule has 0 saturated carbocycles. The second-order valence-corrected chi connectivity index (χ2v) is 9.89.